The molecule has 2 aromatic carbocycles. The molecule has 0 atom stereocenters. The number of anilines is 1. The Morgan fingerprint density at radius 3 is 2.71 bits per heavy atom. The van der Waals surface area contributed by atoms with E-state index in [0.29, 0.717) is 33.9 Å². The van der Waals surface area contributed by atoms with Crippen LogP contribution in [0, 0.1) is 0 Å². The van der Waals surface area contributed by atoms with Crippen LogP contribution in [0.1, 0.15) is 25.3 Å². The first-order chi connectivity index (χ1) is 15.0. The van der Waals surface area contributed by atoms with E-state index < -0.39 is 0 Å². The van der Waals surface area contributed by atoms with E-state index >= 15 is 0 Å². The molecule has 2 heterocycles. The van der Waals surface area contributed by atoms with Crippen molar-refractivity contribution in [3.05, 3.63) is 42.0 Å². The zero-order valence-electron chi connectivity index (χ0n) is 17.7. The molecule has 4 aromatic rings. The minimum Gasteiger partial charge on any atom is -0.497 e. The van der Waals surface area contributed by atoms with Crippen molar-refractivity contribution in [1.29, 1.82) is 0 Å². The average Bonchev–Trinajstić information content (AvgIpc) is 3.14. The Hall–Kier alpha value is -3.33. The Kier molecular flexibility index (Phi) is 5.94. The van der Waals surface area contributed by atoms with Crippen LogP contribution < -0.4 is 14.8 Å². The van der Waals surface area contributed by atoms with Crippen molar-refractivity contribution in [3.63, 3.8) is 0 Å². The average molecular weight is 438 g/mol. The third kappa shape index (κ3) is 4.41. The van der Waals surface area contributed by atoms with Gasteiger partial charge in [-0.2, -0.15) is 0 Å². The van der Waals surface area contributed by atoms with Gasteiger partial charge in [0.25, 0.3) is 0 Å². The molecule has 160 valence electrons. The van der Waals surface area contributed by atoms with Crippen LogP contribution in [0.2, 0.25) is 0 Å². The zero-order valence-corrected chi connectivity index (χ0v) is 18.5. The molecule has 0 aliphatic rings. The van der Waals surface area contributed by atoms with E-state index in [1.54, 1.807) is 32.4 Å². The van der Waals surface area contributed by atoms with Gasteiger partial charge in [0.15, 0.2) is 5.65 Å². The van der Waals surface area contributed by atoms with Crippen LogP contribution in [-0.2, 0) is 4.79 Å². The topological polar surface area (TPSA) is 102 Å². The molecule has 0 unspecified atom stereocenters. The maximum Gasteiger partial charge on any atom is 0.234 e. The van der Waals surface area contributed by atoms with Gasteiger partial charge < -0.3 is 19.8 Å². The highest BCUT2D eigenvalue weighted by Crippen LogP contribution is 2.30. The number of thioether (sulfide) groups is 1. The second kappa shape index (κ2) is 8.81. The third-order valence-electron chi connectivity index (χ3n) is 4.90. The van der Waals surface area contributed by atoms with Gasteiger partial charge >= 0.3 is 0 Å². The molecule has 0 aliphatic heterocycles. The predicted octanol–water partition coefficient (Wildman–Crippen LogP) is 4.38. The molecule has 2 aromatic heterocycles. The molecule has 8 nitrogen and oxygen atoms in total. The first-order valence-electron chi connectivity index (χ1n) is 9.79. The lowest BCUT2D eigenvalue weighted by Crippen LogP contribution is -2.15. The first kappa shape index (κ1) is 20.9. The molecule has 2 N–H and O–H groups in total. The largest absolute Gasteiger partial charge is 0.497 e. The standard InChI is InChI=1S/C22H23N5O3S/c1-12(2)13-5-7-16-15(9-13)20-21(24-16)25-22(27-26-20)31-11-19(28)23-17-8-6-14(29-3)10-18(17)30-4/h5-10,12H,11H2,1-4H3,(H,23,28)(H,24,25,27). The van der Waals surface area contributed by atoms with Crippen LogP contribution >= 0.6 is 11.8 Å². The number of amides is 1. The molecular formula is C22H23N5O3S. The molecule has 0 saturated carbocycles. The van der Waals surface area contributed by atoms with Gasteiger partial charge in [-0.15, -0.1) is 10.2 Å². The summed E-state index contributed by atoms with van der Waals surface area (Å²) in [5, 5.41) is 12.8. The van der Waals surface area contributed by atoms with Crippen molar-refractivity contribution in [2.24, 2.45) is 0 Å². The molecule has 4 rings (SSSR count). The summed E-state index contributed by atoms with van der Waals surface area (Å²) in [6, 6.07) is 11.5. The van der Waals surface area contributed by atoms with E-state index in [2.05, 4.69) is 51.5 Å². The van der Waals surface area contributed by atoms with E-state index in [4.69, 9.17) is 9.47 Å². The summed E-state index contributed by atoms with van der Waals surface area (Å²) in [6.07, 6.45) is 0. The van der Waals surface area contributed by atoms with E-state index in [-0.39, 0.29) is 11.7 Å². The number of carbonyl (C=O) groups excluding carboxylic acids is 1. The SMILES string of the molecule is COc1ccc(NC(=O)CSc2nnc3c(n2)[nH]c2ccc(C(C)C)cc23)c(OC)c1. The van der Waals surface area contributed by atoms with Crippen LogP contribution in [-0.4, -0.2) is 46.0 Å². The second-order valence-electron chi connectivity index (χ2n) is 7.28. The highest BCUT2D eigenvalue weighted by molar-refractivity contribution is 7.99. The van der Waals surface area contributed by atoms with E-state index in [1.807, 2.05) is 6.07 Å². The summed E-state index contributed by atoms with van der Waals surface area (Å²) < 4.78 is 10.5. The number of hydrogen-bond donors (Lipinski definition) is 2. The van der Waals surface area contributed by atoms with Gasteiger partial charge in [-0.25, -0.2) is 4.98 Å². The van der Waals surface area contributed by atoms with E-state index in [9.17, 15) is 4.79 Å². The van der Waals surface area contributed by atoms with Gasteiger partial charge in [-0.3, -0.25) is 4.79 Å². The fourth-order valence-corrected chi connectivity index (χ4v) is 3.80. The monoisotopic (exact) mass is 437 g/mol. The Morgan fingerprint density at radius 2 is 1.97 bits per heavy atom. The minimum absolute atomic E-state index is 0.139. The fraction of sp³-hybridized carbons (Fsp3) is 0.273. The quantitative estimate of drug-likeness (QED) is 0.414. The predicted molar refractivity (Wildman–Crippen MR) is 122 cm³/mol. The molecule has 0 radical (unpaired) electrons. The number of aromatic nitrogens is 4. The summed E-state index contributed by atoms with van der Waals surface area (Å²) >= 11 is 1.22. The number of ether oxygens (including phenoxy) is 2. The second-order valence-corrected chi connectivity index (χ2v) is 8.22. The fourth-order valence-electron chi connectivity index (χ4n) is 3.21. The van der Waals surface area contributed by atoms with Crippen molar-refractivity contribution in [3.8, 4) is 11.5 Å². The van der Waals surface area contributed by atoms with Gasteiger partial charge in [-0.1, -0.05) is 31.7 Å². The number of aromatic amines is 1. The molecular weight excluding hydrogens is 414 g/mol. The Balaban J connectivity index is 1.47. The molecule has 0 fully saturated rings. The molecule has 0 saturated heterocycles. The number of rotatable bonds is 7. The summed E-state index contributed by atoms with van der Waals surface area (Å²) in [6.45, 7) is 4.31. The number of H-pyrrole nitrogens is 1. The number of benzene rings is 2. The minimum atomic E-state index is -0.199. The van der Waals surface area contributed by atoms with Gasteiger partial charge in [0.05, 0.1) is 25.7 Å². The number of hydrogen-bond acceptors (Lipinski definition) is 7. The molecule has 9 heteroatoms. The molecule has 0 aliphatic carbocycles. The van der Waals surface area contributed by atoms with Gasteiger partial charge in [0.1, 0.15) is 17.0 Å². The lowest BCUT2D eigenvalue weighted by atomic mass is 10.0. The Labute approximate surface area is 183 Å². The summed E-state index contributed by atoms with van der Waals surface area (Å²) in [4.78, 5) is 20.2. The highest BCUT2D eigenvalue weighted by atomic mass is 32.2. The van der Waals surface area contributed by atoms with Crippen LogP contribution in [0.4, 0.5) is 5.69 Å². The maximum absolute atomic E-state index is 12.4. The highest BCUT2D eigenvalue weighted by Gasteiger charge is 2.13. The first-order valence-corrected chi connectivity index (χ1v) is 10.8. The number of methoxy groups -OCH3 is 2. The van der Waals surface area contributed by atoms with Gasteiger partial charge in [-0.05, 0) is 35.7 Å². The Morgan fingerprint density at radius 1 is 1.13 bits per heavy atom. The van der Waals surface area contributed by atoms with E-state index in [1.165, 1.54) is 17.3 Å². The van der Waals surface area contributed by atoms with E-state index in [0.717, 1.165) is 16.4 Å². The van der Waals surface area contributed by atoms with Crippen molar-refractivity contribution >= 4 is 45.4 Å². The van der Waals surface area contributed by atoms with Gasteiger partial charge in [0.2, 0.25) is 11.1 Å². The van der Waals surface area contributed by atoms with Crippen LogP contribution in [0.25, 0.3) is 22.1 Å². The zero-order chi connectivity index (χ0) is 22.0. The lowest BCUT2D eigenvalue weighted by Gasteiger charge is -2.11. The summed E-state index contributed by atoms with van der Waals surface area (Å²) in [5.41, 5.74) is 4.16. The van der Waals surface area contributed by atoms with Crippen molar-refractivity contribution < 1.29 is 14.3 Å². The van der Waals surface area contributed by atoms with Crippen molar-refractivity contribution in [2.75, 3.05) is 25.3 Å². The summed E-state index contributed by atoms with van der Waals surface area (Å²) in [7, 11) is 3.11. The number of nitrogens with zero attached hydrogens (tertiary/aromatic N) is 3. The smallest absolute Gasteiger partial charge is 0.234 e. The number of fused-ring (bicyclic) bond motifs is 3. The van der Waals surface area contributed by atoms with Gasteiger partial charge in [0, 0.05) is 17.0 Å². The number of carbonyl (C=O) groups is 1. The molecule has 0 spiro atoms. The molecule has 1 amide bonds. The maximum atomic E-state index is 12.4. The number of nitrogens with one attached hydrogen (secondary N) is 2. The van der Waals surface area contributed by atoms with Crippen LogP contribution in [0.5, 0.6) is 11.5 Å². The van der Waals surface area contributed by atoms with Crippen molar-refractivity contribution in [2.45, 2.75) is 24.9 Å². The lowest BCUT2D eigenvalue weighted by molar-refractivity contribution is -0.113. The normalized spacial score (nSPS) is 11.3. The third-order valence-corrected chi connectivity index (χ3v) is 5.74. The van der Waals surface area contributed by atoms with Crippen molar-refractivity contribution in [1.82, 2.24) is 20.2 Å². The Bertz CT molecular complexity index is 1250. The molecule has 31 heavy (non-hydrogen) atoms. The van der Waals surface area contributed by atoms with Crippen LogP contribution in [0.15, 0.2) is 41.6 Å². The van der Waals surface area contributed by atoms with Crippen LogP contribution in [0.3, 0.4) is 0 Å². The molecule has 0 bridgehead atoms. The summed E-state index contributed by atoms with van der Waals surface area (Å²) in [5.74, 6) is 1.54.